The number of hydrogen-bond acceptors (Lipinski definition) is 4. The highest BCUT2D eigenvalue weighted by Gasteiger charge is 2.43. The second kappa shape index (κ2) is 5.50. The molecule has 1 N–H and O–H groups in total. The maximum Gasteiger partial charge on any atom is 0.276 e. The van der Waals surface area contributed by atoms with Crippen LogP contribution in [-0.2, 0) is 10.0 Å². The summed E-state index contributed by atoms with van der Waals surface area (Å²) in [7, 11) is -3.56. The van der Waals surface area contributed by atoms with Gasteiger partial charge in [-0.15, -0.1) is 0 Å². The zero-order valence-corrected chi connectivity index (χ0v) is 12.3. The molecule has 1 aromatic rings. The molecule has 0 bridgehead atoms. The minimum absolute atomic E-state index is 0.00898. The van der Waals surface area contributed by atoms with Crippen molar-refractivity contribution in [1.82, 2.24) is 4.31 Å². The molecule has 2 aliphatic rings. The van der Waals surface area contributed by atoms with E-state index in [1.165, 1.54) is 12.3 Å². The van der Waals surface area contributed by atoms with E-state index in [1.807, 2.05) is 0 Å². The lowest BCUT2D eigenvalue weighted by Gasteiger charge is -2.36. The summed E-state index contributed by atoms with van der Waals surface area (Å²) < 4.78 is 31.8. The largest absolute Gasteiger partial charge is 0.452 e. The molecule has 1 aliphatic carbocycles. The highest BCUT2D eigenvalue weighted by atomic mass is 32.2. The van der Waals surface area contributed by atoms with Crippen molar-refractivity contribution in [3.63, 3.8) is 0 Å². The first-order valence-electron chi connectivity index (χ1n) is 7.34. The van der Waals surface area contributed by atoms with Crippen LogP contribution in [0.5, 0.6) is 0 Å². The molecule has 0 aromatic carbocycles. The third-order valence-corrected chi connectivity index (χ3v) is 6.39. The summed E-state index contributed by atoms with van der Waals surface area (Å²) in [5, 5.41) is 10.2. The summed E-state index contributed by atoms with van der Waals surface area (Å²) in [6.07, 6.45) is 6.51. The summed E-state index contributed by atoms with van der Waals surface area (Å²) in [6, 6.07) is 3.00. The topological polar surface area (TPSA) is 70.8 Å². The monoisotopic (exact) mass is 299 g/mol. The summed E-state index contributed by atoms with van der Waals surface area (Å²) in [5.74, 6) is 0.0657. The molecule has 2 fully saturated rings. The molecule has 3 atom stereocenters. The van der Waals surface area contributed by atoms with Gasteiger partial charge < -0.3 is 9.52 Å². The van der Waals surface area contributed by atoms with Crippen LogP contribution in [0.15, 0.2) is 27.9 Å². The molecule has 0 spiro atoms. The van der Waals surface area contributed by atoms with Gasteiger partial charge in [-0.3, -0.25) is 0 Å². The SMILES string of the molecule is O=S(=O)(c1ccco1)N1CCC[C@@H]1[C@@H]1CCCC[C@H]1O. The van der Waals surface area contributed by atoms with Crippen molar-refractivity contribution in [2.75, 3.05) is 6.54 Å². The predicted molar refractivity (Wildman–Crippen MR) is 73.6 cm³/mol. The van der Waals surface area contributed by atoms with E-state index in [1.54, 1.807) is 10.4 Å². The highest BCUT2D eigenvalue weighted by molar-refractivity contribution is 7.89. The van der Waals surface area contributed by atoms with E-state index >= 15 is 0 Å². The van der Waals surface area contributed by atoms with Gasteiger partial charge in [0, 0.05) is 18.5 Å². The van der Waals surface area contributed by atoms with Crippen molar-refractivity contribution in [2.24, 2.45) is 5.92 Å². The van der Waals surface area contributed by atoms with E-state index in [4.69, 9.17) is 4.42 Å². The molecule has 6 heteroatoms. The first-order valence-corrected chi connectivity index (χ1v) is 8.78. The van der Waals surface area contributed by atoms with Gasteiger partial charge in [0.2, 0.25) is 5.09 Å². The van der Waals surface area contributed by atoms with Gasteiger partial charge in [0.1, 0.15) is 0 Å². The van der Waals surface area contributed by atoms with Crippen LogP contribution >= 0.6 is 0 Å². The van der Waals surface area contributed by atoms with Crippen LogP contribution in [0.3, 0.4) is 0 Å². The van der Waals surface area contributed by atoms with Crippen LogP contribution in [-0.4, -0.2) is 36.5 Å². The number of aliphatic hydroxyl groups excluding tert-OH is 1. The van der Waals surface area contributed by atoms with E-state index < -0.39 is 10.0 Å². The summed E-state index contributed by atoms with van der Waals surface area (Å²) >= 11 is 0. The molecule has 0 radical (unpaired) electrons. The molecule has 0 amide bonds. The Morgan fingerprint density at radius 3 is 2.70 bits per heavy atom. The van der Waals surface area contributed by atoms with Gasteiger partial charge in [-0.2, -0.15) is 4.31 Å². The number of aliphatic hydroxyl groups is 1. The molecule has 0 unspecified atom stereocenters. The minimum atomic E-state index is -3.56. The quantitative estimate of drug-likeness (QED) is 0.926. The van der Waals surface area contributed by atoms with Crippen molar-refractivity contribution in [1.29, 1.82) is 0 Å². The molecule has 5 nitrogen and oxygen atoms in total. The molecule has 2 heterocycles. The first-order chi connectivity index (χ1) is 9.60. The lowest BCUT2D eigenvalue weighted by molar-refractivity contribution is 0.0384. The average molecular weight is 299 g/mol. The average Bonchev–Trinajstić information content (AvgIpc) is 3.11. The predicted octanol–water partition coefficient (Wildman–Crippen LogP) is 1.98. The van der Waals surface area contributed by atoms with Crippen LogP contribution in [0.1, 0.15) is 38.5 Å². The Balaban J connectivity index is 1.85. The standard InChI is InChI=1S/C14H21NO4S/c16-13-7-2-1-5-11(13)12-6-3-9-15(12)20(17,18)14-8-4-10-19-14/h4,8,10-13,16H,1-3,5-7,9H2/t11-,12+,13+/m0/s1. The maximum atomic E-state index is 12.6. The summed E-state index contributed by atoms with van der Waals surface area (Å²) in [6.45, 7) is 0.525. The maximum absolute atomic E-state index is 12.6. The molecule has 1 saturated carbocycles. The van der Waals surface area contributed by atoms with Crippen LogP contribution < -0.4 is 0 Å². The minimum Gasteiger partial charge on any atom is -0.452 e. The van der Waals surface area contributed by atoms with Crippen LogP contribution in [0, 0.1) is 5.92 Å². The van der Waals surface area contributed by atoms with Gasteiger partial charge in [0.25, 0.3) is 10.0 Å². The van der Waals surface area contributed by atoms with Crippen molar-refractivity contribution in [3.05, 3.63) is 18.4 Å². The molecular formula is C14H21NO4S. The van der Waals surface area contributed by atoms with E-state index in [-0.39, 0.29) is 23.2 Å². The second-order valence-electron chi connectivity index (χ2n) is 5.77. The second-order valence-corrected chi connectivity index (χ2v) is 7.59. The number of rotatable bonds is 3. The van der Waals surface area contributed by atoms with E-state index in [2.05, 4.69) is 0 Å². The fourth-order valence-electron chi connectivity index (χ4n) is 3.61. The Labute approximate surface area is 119 Å². The van der Waals surface area contributed by atoms with Crippen molar-refractivity contribution >= 4 is 10.0 Å². The normalized spacial score (nSPS) is 32.5. The highest BCUT2D eigenvalue weighted by Crippen LogP contribution is 2.37. The molecule has 1 saturated heterocycles. The van der Waals surface area contributed by atoms with Gasteiger partial charge in [0.15, 0.2) is 0 Å². The van der Waals surface area contributed by atoms with E-state index in [0.717, 1.165) is 38.5 Å². The number of nitrogens with zero attached hydrogens (tertiary/aromatic N) is 1. The number of sulfonamides is 1. The Kier molecular flexibility index (Phi) is 3.88. The van der Waals surface area contributed by atoms with Crippen molar-refractivity contribution < 1.29 is 17.9 Å². The van der Waals surface area contributed by atoms with Crippen LogP contribution in [0.2, 0.25) is 0 Å². The molecular weight excluding hydrogens is 278 g/mol. The number of furan rings is 1. The molecule has 1 aliphatic heterocycles. The molecule has 20 heavy (non-hydrogen) atoms. The Hall–Kier alpha value is -0.850. The molecule has 3 rings (SSSR count). The lowest BCUT2D eigenvalue weighted by Crippen LogP contribution is -2.45. The van der Waals surface area contributed by atoms with Crippen LogP contribution in [0.25, 0.3) is 0 Å². The van der Waals surface area contributed by atoms with Gasteiger partial charge in [-0.25, -0.2) is 8.42 Å². The first kappa shape index (κ1) is 14.1. The van der Waals surface area contributed by atoms with E-state index in [0.29, 0.717) is 6.54 Å². The molecule has 112 valence electrons. The third kappa shape index (κ3) is 2.40. The Bertz CT molecular complexity index is 540. The van der Waals surface area contributed by atoms with Gasteiger partial charge in [-0.1, -0.05) is 12.8 Å². The summed E-state index contributed by atoms with van der Waals surface area (Å²) in [4.78, 5) is 0. The fourth-order valence-corrected chi connectivity index (χ4v) is 5.25. The van der Waals surface area contributed by atoms with Gasteiger partial charge >= 0.3 is 0 Å². The Morgan fingerprint density at radius 2 is 2.00 bits per heavy atom. The lowest BCUT2D eigenvalue weighted by atomic mass is 9.81. The van der Waals surface area contributed by atoms with Crippen molar-refractivity contribution in [2.45, 2.75) is 55.8 Å². The van der Waals surface area contributed by atoms with E-state index in [9.17, 15) is 13.5 Å². The zero-order chi connectivity index (χ0) is 14.2. The van der Waals surface area contributed by atoms with Gasteiger partial charge in [0.05, 0.1) is 12.4 Å². The zero-order valence-electron chi connectivity index (χ0n) is 11.4. The Morgan fingerprint density at radius 1 is 1.20 bits per heavy atom. The van der Waals surface area contributed by atoms with Gasteiger partial charge in [-0.05, 0) is 37.8 Å². The number of hydrogen-bond donors (Lipinski definition) is 1. The van der Waals surface area contributed by atoms with Crippen molar-refractivity contribution in [3.8, 4) is 0 Å². The summed E-state index contributed by atoms with van der Waals surface area (Å²) in [5.41, 5.74) is 0. The fraction of sp³-hybridized carbons (Fsp3) is 0.714. The smallest absolute Gasteiger partial charge is 0.276 e. The third-order valence-electron chi connectivity index (χ3n) is 4.58. The molecule has 1 aromatic heterocycles. The van der Waals surface area contributed by atoms with Crippen LogP contribution in [0.4, 0.5) is 0 Å².